The predicted molar refractivity (Wildman–Crippen MR) is 66.3 cm³/mol. The highest BCUT2D eigenvalue weighted by molar-refractivity contribution is 6.34. The maximum Gasteiger partial charge on any atom is 0.162 e. The molecule has 1 aliphatic carbocycles. The van der Waals surface area contributed by atoms with Crippen molar-refractivity contribution in [3.8, 4) is 11.5 Å². The van der Waals surface area contributed by atoms with Gasteiger partial charge in [-0.2, -0.15) is 0 Å². The van der Waals surface area contributed by atoms with Gasteiger partial charge < -0.3 is 9.47 Å². The average Bonchev–Trinajstić information content (AvgIpc) is 2.23. The second-order valence-corrected chi connectivity index (χ2v) is 4.62. The van der Waals surface area contributed by atoms with Crippen LogP contribution in [0.3, 0.4) is 0 Å². The Morgan fingerprint density at radius 3 is 2.53 bits per heavy atom. The Hall–Kier alpha value is -1.22. The highest BCUT2D eigenvalue weighted by Crippen LogP contribution is 2.36. The molecular formula is C13H15ClO3. The molecule has 1 saturated carbocycles. The normalized spacial score (nSPS) is 15.2. The van der Waals surface area contributed by atoms with Gasteiger partial charge in [0.05, 0.1) is 18.2 Å². The number of methoxy groups -OCH3 is 1. The SMILES string of the molecule is COc1cc(Cl)c(C(C)=O)cc1OC1CCC1. The van der Waals surface area contributed by atoms with Gasteiger partial charge in [0.1, 0.15) is 0 Å². The average molecular weight is 255 g/mol. The summed E-state index contributed by atoms with van der Waals surface area (Å²) in [6, 6.07) is 3.30. The van der Waals surface area contributed by atoms with E-state index in [2.05, 4.69) is 0 Å². The molecule has 0 heterocycles. The Kier molecular flexibility index (Phi) is 3.57. The van der Waals surface area contributed by atoms with Crippen molar-refractivity contribution in [2.45, 2.75) is 32.3 Å². The lowest BCUT2D eigenvalue weighted by Crippen LogP contribution is -2.24. The summed E-state index contributed by atoms with van der Waals surface area (Å²) >= 11 is 6.00. The van der Waals surface area contributed by atoms with E-state index in [1.807, 2.05) is 0 Å². The van der Waals surface area contributed by atoms with Crippen molar-refractivity contribution < 1.29 is 14.3 Å². The number of hydrogen-bond acceptors (Lipinski definition) is 3. The Labute approximate surface area is 106 Å². The third kappa shape index (κ3) is 2.55. The lowest BCUT2D eigenvalue weighted by Gasteiger charge is -2.27. The second-order valence-electron chi connectivity index (χ2n) is 4.21. The van der Waals surface area contributed by atoms with Gasteiger partial charge in [-0.05, 0) is 32.3 Å². The number of Topliss-reactive ketones (excluding diaryl/α,β-unsaturated/α-hetero) is 1. The van der Waals surface area contributed by atoms with Gasteiger partial charge in [-0.15, -0.1) is 0 Å². The zero-order valence-corrected chi connectivity index (χ0v) is 10.7. The van der Waals surface area contributed by atoms with Crippen molar-refractivity contribution >= 4 is 17.4 Å². The van der Waals surface area contributed by atoms with Gasteiger partial charge >= 0.3 is 0 Å². The number of rotatable bonds is 4. The van der Waals surface area contributed by atoms with Gasteiger partial charge in [0, 0.05) is 11.6 Å². The van der Waals surface area contributed by atoms with Gasteiger partial charge in [0.2, 0.25) is 0 Å². The van der Waals surface area contributed by atoms with Crippen molar-refractivity contribution in [2.24, 2.45) is 0 Å². The number of ether oxygens (including phenoxy) is 2. The molecule has 1 aliphatic rings. The fourth-order valence-corrected chi connectivity index (χ4v) is 2.01. The largest absolute Gasteiger partial charge is 0.493 e. The molecule has 0 amide bonds. The highest BCUT2D eigenvalue weighted by Gasteiger charge is 2.22. The molecule has 1 aromatic rings. The van der Waals surface area contributed by atoms with Gasteiger partial charge in [0.15, 0.2) is 17.3 Å². The van der Waals surface area contributed by atoms with Crippen LogP contribution in [0.5, 0.6) is 11.5 Å². The molecule has 0 N–H and O–H groups in total. The number of hydrogen-bond donors (Lipinski definition) is 0. The van der Waals surface area contributed by atoms with E-state index >= 15 is 0 Å². The molecule has 2 rings (SSSR count). The Morgan fingerprint density at radius 1 is 1.35 bits per heavy atom. The van der Waals surface area contributed by atoms with Crippen molar-refractivity contribution in [1.29, 1.82) is 0 Å². The second kappa shape index (κ2) is 4.96. The standard InChI is InChI=1S/C13H15ClO3/c1-8(15)10-6-13(17-9-4-3-5-9)12(16-2)7-11(10)14/h6-7,9H,3-5H2,1-2H3. The molecular weight excluding hydrogens is 240 g/mol. The van der Waals surface area contributed by atoms with Crippen LogP contribution in [0.4, 0.5) is 0 Å². The first-order valence-electron chi connectivity index (χ1n) is 5.67. The zero-order valence-electron chi connectivity index (χ0n) is 9.96. The van der Waals surface area contributed by atoms with E-state index in [1.54, 1.807) is 19.2 Å². The minimum absolute atomic E-state index is 0.0730. The van der Waals surface area contributed by atoms with Crippen molar-refractivity contribution in [3.05, 3.63) is 22.7 Å². The quantitative estimate of drug-likeness (QED) is 0.772. The van der Waals surface area contributed by atoms with Crippen LogP contribution in [0.15, 0.2) is 12.1 Å². The van der Waals surface area contributed by atoms with Crippen LogP contribution in [0.25, 0.3) is 0 Å². The van der Waals surface area contributed by atoms with Crippen LogP contribution >= 0.6 is 11.6 Å². The van der Waals surface area contributed by atoms with E-state index in [-0.39, 0.29) is 11.9 Å². The first-order valence-corrected chi connectivity index (χ1v) is 6.04. The van der Waals surface area contributed by atoms with E-state index in [9.17, 15) is 4.79 Å². The molecule has 0 unspecified atom stereocenters. The molecule has 0 atom stereocenters. The monoisotopic (exact) mass is 254 g/mol. The molecule has 3 nitrogen and oxygen atoms in total. The summed E-state index contributed by atoms with van der Waals surface area (Å²) in [7, 11) is 1.56. The predicted octanol–water partition coefficient (Wildman–Crippen LogP) is 3.48. The zero-order chi connectivity index (χ0) is 12.4. The summed E-state index contributed by atoms with van der Waals surface area (Å²) in [4.78, 5) is 11.4. The molecule has 0 bridgehead atoms. The molecule has 0 aliphatic heterocycles. The fourth-order valence-electron chi connectivity index (χ4n) is 1.72. The smallest absolute Gasteiger partial charge is 0.162 e. The molecule has 0 spiro atoms. The minimum Gasteiger partial charge on any atom is -0.493 e. The third-order valence-electron chi connectivity index (χ3n) is 2.98. The Bertz CT molecular complexity index is 439. The Morgan fingerprint density at radius 2 is 2.06 bits per heavy atom. The molecule has 0 radical (unpaired) electrons. The Balaban J connectivity index is 2.32. The van der Waals surface area contributed by atoms with Gasteiger partial charge in [-0.25, -0.2) is 0 Å². The third-order valence-corrected chi connectivity index (χ3v) is 3.29. The molecule has 92 valence electrons. The lowest BCUT2D eigenvalue weighted by atomic mass is 9.96. The van der Waals surface area contributed by atoms with Crippen LogP contribution in [-0.2, 0) is 0 Å². The first kappa shape index (κ1) is 12.2. The summed E-state index contributed by atoms with van der Waals surface area (Å²) in [5.74, 6) is 1.11. The van der Waals surface area contributed by atoms with Crippen LogP contribution in [0, 0.1) is 0 Å². The van der Waals surface area contributed by atoms with Crippen molar-refractivity contribution in [3.63, 3.8) is 0 Å². The maximum atomic E-state index is 11.4. The molecule has 4 heteroatoms. The summed E-state index contributed by atoms with van der Waals surface area (Å²) in [5.41, 5.74) is 0.474. The van der Waals surface area contributed by atoms with Gasteiger partial charge in [-0.3, -0.25) is 4.79 Å². The molecule has 17 heavy (non-hydrogen) atoms. The number of carbonyl (C=O) groups excluding carboxylic acids is 1. The summed E-state index contributed by atoms with van der Waals surface area (Å²) in [5, 5.41) is 0.398. The summed E-state index contributed by atoms with van der Waals surface area (Å²) in [6.07, 6.45) is 3.55. The van der Waals surface area contributed by atoms with Crippen LogP contribution in [0.1, 0.15) is 36.5 Å². The number of ketones is 1. The lowest BCUT2D eigenvalue weighted by molar-refractivity contribution is 0.101. The number of benzene rings is 1. The topological polar surface area (TPSA) is 35.5 Å². The van der Waals surface area contributed by atoms with E-state index in [4.69, 9.17) is 21.1 Å². The van der Waals surface area contributed by atoms with Crippen LogP contribution in [-0.4, -0.2) is 19.0 Å². The maximum absolute atomic E-state index is 11.4. The first-order chi connectivity index (χ1) is 8.11. The molecule has 1 aromatic carbocycles. The fraction of sp³-hybridized carbons (Fsp3) is 0.462. The number of halogens is 1. The van der Waals surface area contributed by atoms with E-state index in [1.165, 1.54) is 13.3 Å². The minimum atomic E-state index is -0.0730. The van der Waals surface area contributed by atoms with E-state index in [0.29, 0.717) is 22.1 Å². The van der Waals surface area contributed by atoms with Crippen molar-refractivity contribution in [2.75, 3.05) is 7.11 Å². The van der Waals surface area contributed by atoms with Gasteiger partial charge in [0.25, 0.3) is 0 Å². The summed E-state index contributed by atoms with van der Waals surface area (Å²) in [6.45, 7) is 1.49. The van der Waals surface area contributed by atoms with Crippen LogP contribution in [0.2, 0.25) is 5.02 Å². The summed E-state index contributed by atoms with van der Waals surface area (Å²) < 4.78 is 11.0. The van der Waals surface area contributed by atoms with E-state index < -0.39 is 0 Å². The molecule has 1 fully saturated rings. The van der Waals surface area contributed by atoms with Gasteiger partial charge in [-0.1, -0.05) is 11.6 Å². The van der Waals surface area contributed by atoms with E-state index in [0.717, 1.165) is 12.8 Å². The number of carbonyl (C=O) groups is 1. The highest BCUT2D eigenvalue weighted by atomic mass is 35.5. The van der Waals surface area contributed by atoms with Crippen LogP contribution < -0.4 is 9.47 Å². The van der Waals surface area contributed by atoms with Crippen molar-refractivity contribution in [1.82, 2.24) is 0 Å². The molecule has 0 saturated heterocycles. The molecule has 0 aromatic heterocycles.